The first-order valence-electron chi connectivity index (χ1n) is 8.12. The molecule has 0 spiro atoms. The molecule has 0 radical (unpaired) electrons. The van der Waals surface area contributed by atoms with Crippen molar-refractivity contribution in [2.75, 3.05) is 16.8 Å². The zero-order valence-corrected chi connectivity index (χ0v) is 13.8. The van der Waals surface area contributed by atoms with Gasteiger partial charge in [0, 0.05) is 12.2 Å². The highest BCUT2D eigenvalue weighted by Crippen LogP contribution is 2.49. The van der Waals surface area contributed by atoms with E-state index in [1.165, 1.54) is 11.0 Å². The van der Waals surface area contributed by atoms with Crippen molar-refractivity contribution in [2.24, 2.45) is 5.41 Å². The molecule has 0 saturated heterocycles. The van der Waals surface area contributed by atoms with Crippen molar-refractivity contribution in [3.63, 3.8) is 0 Å². The van der Waals surface area contributed by atoms with Crippen LogP contribution in [0.5, 0.6) is 0 Å². The number of benzene rings is 2. The molecule has 2 amide bonds. The van der Waals surface area contributed by atoms with E-state index in [9.17, 15) is 18.4 Å². The van der Waals surface area contributed by atoms with E-state index in [1.54, 1.807) is 24.3 Å². The summed E-state index contributed by atoms with van der Waals surface area (Å²) in [5, 5.41) is 2.26. The highest BCUT2D eigenvalue weighted by atomic mass is 19.1. The maximum atomic E-state index is 13.8. The second-order valence-electron chi connectivity index (χ2n) is 6.02. The number of nitrogens with zero attached hydrogens (tertiary/aromatic N) is 1. The summed E-state index contributed by atoms with van der Waals surface area (Å²) in [5.41, 5.74) is -1.10. The molecule has 130 valence electrons. The fraction of sp³-hybridized carbons (Fsp3) is 0.263. The minimum absolute atomic E-state index is 0.351. The van der Waals surface area contributed by atoms with Crippen LogP contribution in [0.3, 0.4) is 0 Å². The van der Waals surface area contributed by atoms with Gasteiger partial charge in [0.1, 0.15) is 22.7 Å². The van der Waals surface area contributed by atoms with Crippen LogP contribution in [-0.2, 0) is 9.59 Å². The standard InChI is InChI=1S/C19H18F2N2O2/c1-2-23(13-7-4-3-5-8-13)18(25)19(11-12-19)17(24)22-16-14(20)9-6-10-15(16)21/h3-10H,2,11-12H2,1H3,(H,22,24). The molecule has 0 heterocycles. The van der Waals surface area contributed by atoms with Gasteiger partial charge in [-0.1, -0.05) is 24.3 Å². The summed E-state index contributed by atoms with van der Waals surface area (Å²) in [6.07, 6.45) is 0.716. The normalized spacial score (nSPS) is 14.7. The Morgan fingerprint density at radius 1 is 1.04 bits per heavy atom. The molecule has 25 heavy (non-hydrogen) atoms. The second kappa shape index (κ2) is 6.63. The Morgan fingerprint density at radius 3 is 2.16 bits per heavy atom. The zero-order chi connectivity index (χ0) is 18.0. The number of carbonyl (C=O) groups is 2. The largest absolute Gasteiger partial charge is 0.320 e. The van der Waals surface area contributed by atoms with E-state index in [1.807, 2.05) is 13.0 Å². The van der Waals surface area contributed by atoms with Gasteiger partial charge < -0.3 is 10.2 Å². The molecule has 3 rings (SSSR count). The summed E-state index contributed by atoms with van der Waals surface area (Å²) in [4.78, 5) is 27.1. The number of nitrogens with one attached hydrogen (secondary N) is 1. The Labute approximate surface area is 144 Å². The Bertz CT molecular complexity index is 784. The predicted molar refractivity (Wildman–Crippen MR) is 91.1 cm³/mol. The van der Waals surface area contributed by atoms with Gasteiger partial charge in [0.05, 0.1) is 0 Å². The van der Waals surface area contributed by atoms with Gasteiger partial charge in [-0.2, -0.15) is 0 Å². The number of rotatable bonds is 5. The first kappa shape index (κ1) is 17.1. The molecule has 1 aliphatic rings. The Hall–Kier alpha value is -2.76. The number of hydrogen-bond donors (Lipinski definition) is 1. The van der Waals surface area contributed by atoms with E-state index in [4.69, 9.17) is 0 Å². The van der Waals surface area contributed by atoms with Crippen molar-refractivity contribution >= 4 is 23.2 Å². The molecule has 0 bridgehead atoms. The maximum Gasteiger partial charge on any atom is 0.242 e. The van der Waals surface area contributed by atoms with Gasteiger partial charge in [0.2, 0.25) is 11.8 Å². The van der Waals surface area contributed by atoms with Crippen LogP contribution in [0.4, 0.5) is 20.2 Å². The highest BCUT2D eigenvalue weighted by molar-refractivity contribution is 6.17. The molecule has 1 saturated carbocycles. The smallest absolute Gasteiger partial charge is 0.242 e. The Kier molecular flexibility index (Phi) is 4.53. The van der Waals surface area contributed by atoms with E-state index >= 15 is 0 Å². The van der Waals surface area contributed by atoms with Gasteiger partial charge >= 0.3 is 0 Å². The lowest BCUT2D eigenvalue weighted by Crippen LogP contribution is -2.43. The van der Waals surface area contributed by atoms with Gasteiger partial charge in [0.25, 0.3) is 0 Å². The molecule has 0 atom stereocenters. The lowest BCUT2D eigenvalue weighted by atomic mass is 10.0. The van der Waals surface area contributed by atoms with E-state index < -0.39 is 28.6 Å². The van der Waals surface area contributed by atoms with Crippen molar-refractivity contribution < 1.29 is 18.4 Å². The van der Waals surface area contributed by atoms with Gasteiger partial charge in [-0.25, -0.2) is 8.78 Å². The second-order valence-corrected chi connectivity index (χ2v) is 6.02. The van der Waals surface area contributed by atoms with E-state index in [-0.39, 0.29) is 5.91 Å². The number of amides is 2. The minimum atomic E-state index is -1.26. The van der Waals surface area contributed by atoms with Crippen LogP contribution in [0, 0.1) is 17.0 Å². The maximum absolute atomic E-state index is 13.8. The summed E-state index contributed by atoms with van der Waals surface area (Å²) in [7, 11) is 0. The summed E-state index contributed by atoms with van der Waals surface area (Å²) in [5.74, 6) is -2.76. The van der Waals surface area contributed by atoms with Crippen molar-refractivity contribution in [3.05, 3.63) is 60.2 Å². The molecule has 2 aromatic rings. The third kappa shape index (κ3) is 3.12. The molecule has 0 aliphatic heterocycles. The van der Waals surface area contributed by atoms with E-state index in [0.29, 0.717) is 25.1 Å². The first-order valence-corrected chi connectivity index (χ1v) is 8.12. The zero-order valence-electron chi connectivity index (χ0n) is 13.8. The summed E-state index contributed by atoms with van der Waals surface area (Å²) in [6, 6.07) is 12.3. The van der Waals surface area contributed by atoms with E-state index in [2.05, 4.69) is 5.32 Å². The molecule has 0 unspecified atom stereocenters. The Balaban J connectivity index is 1.84. The average molecular weight is 344 g/mol. The van der Waals surface area contributed by atoms with Gasteiger partial charge in [-0.15, -0.1) is 0 Å². The molecular weight excluding hydrogens is 326 g/mol. The molecule has 1 fully saturated rings. The molecule has 6 heteroatoms. The van der Waals surface area contributed by atoms with Crippen molar-refractivity contribution in [3.8, 4) is 0 Å². The molecule has 1 N–H and O–H groups in total. The fourth-order valence-corrected chi connectivity index (χ4v) is 2.82. The van der Waals surface area contributed by atoms with Crippen LogP contribution in [0.15, 0.2) is 48.5 Å². The van der Waals surface area contributed by atoms with Gasteiger partial charge in [-0.05, 0) is 44.0 Å². The van der Waals surface area contributed by atoms with Crippen molar-refractivity contribution in [1.29, 1.82) is 0 Å². The molecule has 2 aromatic carbocycles. The Morgan fingerprint density at radius 2 is 1.64 bits per heavy atom. The quantitative estimate of drug-likeness (QED) is 0.840. The summed E-state index contributed by atoms with van der Waals surface area (Å²) >= 11 is 0. The number of carbonyl (C=O) groups excluding carboxylic acids is 2. The molecule has 1 aliphatic carbocycles. The lowest BCUT2D eigenvalue weighted by molar-refractivity contribution is -0.132. The fourth-order valence-electron chi connectivity index (χ4n) is 2.82. The van der Waals surface area contributed by atoms with Crippen LogP contribution in [0.2, 0.25) is 0 Å². The number of halogens is 2. The number of hydrogen-bond acceptors (Lipinski definition) is 2. The van der Waals surface area contributed by atoms with Crippen molar-refractivity contribution in [2.45, 2.75) is 19.8 Å². The topological polar surface area (TPSA) is 49.4 Å². The third-order valence-electron chi connectivity index (χ3n) is 4.42. The average Bonchev–Trinajstić information content (AvgIpc) is 3.42. The molecular formula is C19H18F2N2O2. The van der Waals surface area contributed by atoms with Crippen LogP contribution >= 0.6 is 0 Å². The number of para-hydroxylation sites is 2. The van der Waals surface area contributed by atoms with Crippen LogP contribution in [0.1, 0.15) is 19.8 Å². The van der Waals surface area contributed by atoms with Crippen LogP contribution in [0.25, 0.3) is 0 Å². The lowest BCUT2D eigenvalue weighted by Gasteiger charge is -2.26. The van der Waals surface area contributed by atoms with Crippen LogP contribution < -0.4 is 10.2 Å². The van der Waals surface area contributed by atoms with Gasteiger partial charge in [0.15, 0.2) is 0 Å². The monoisotopic (exact) mass is 344 g/mol. The third-order valence-corrected chi connectivity index (χ3v) is 4.42. The first-order chi connectivity index (χ1) is 12.0. The highest BCUT2D eigenvalue weighted by Gasteiger charge is 2.58. The predicted octanol–water partition coefficient (Wildman–Crippen LogP) is 3.74. The molecule has 4 nitrogen and oxygen atoms in total. The van der Waals surface area contributed by atoms with Gasteiger partial charge in [-0.3, -0.25) is 9.59 Å². The number of anilines is 2. The van der Waals surface area contributed by atoms with E-state index in [0.717, 1.165) is 12.1 Å². The summed E-state index contributed by atoms with van der Waals surface area (Å²) in [6.45, 7) is 2.21. The summed E-state index contributed by atoms with van der Waals surface area (Å²) < 4.78 is 27.5. The SMILES string of the molecule is CCN(C(=O)C1(C(=O)Nc2c(F)cccc2F)CC1)c1ccccc1. The minimum Gasteiger partial charge on any atom is -0.320 e. The van der Waals surface area contributed by atoms with Crippen molar-refractivity contribution in [1.82, 2.24) is 0 Å². The molecule has 0 aromatic heterocycles. The van der Waals surface area contributed by atoms with Crippen LogP contribution in [-0.4, -0.2) is 18.4 Å².